The van der Waals surface area contributed by atoms with Crippen LogP contribution in [-0.2, 0) is 4.74 Å². The summed E-state index contributed by atoms with van der Waals surface area (Å²) in [6.45, 7) is 5.32. The first-order valence-corrected chi connectivity index (χ1v) is 7.40. The fourth-order valence-corrected chi connectivity index (χ4v) is 2.14. The molecule has 0 fully saturated rings. The van der Waals surface area contributed by atoms with Gasteiger partial charge in [0.05, 0.1) is 30.8 Å². The Morgan fingerprint density at radius 3 is 2.59 bits per heavy atom. The number of rotatable bonds is 7. The van der Waals surface area contributed by atoms with Crippen molar-refractivity contribution in [2.45, 2.75) is 39.0 Å². The van der Waals surface area contributed by atoms with Gasteiger partial charge >= 0.3 is 0 Å². The Bertz CT molecular complexity index is 607. The van der Waals surface area contributed by atoms with E-state index in [1.54, 1.807) is 26.4 Å². The molecule has 0 spiro atoms. The van der Waals surface area contributed by atoms with E-state index in [1.165, 1.54) is 0 Å². The number of hydrogen-bond donors (Lipinski definition) is 1. The van der Waals surface area contributed by atoms with Crippen molar-refractivity contribution < 1.29 is 14.6 Å². The van der Waals surface area contributed by atoms with Crippen LogP contribution >= 0.6 is 0 Å². The minimum atomic E-state index is -0.610. The van der Waals surface area contributed by atoms with Crippen molar-refractivity contribution in [3.05, 3.63) is 54.1 Å². The van der Waals surface area contributed by atoms with Crippen molar-refractivity contribution in [3.8, 4) is 0 Å². The quantitative estimate of drug-likeness (QED) is 0.798. The number of ether oxygens (including phenoxy) is 1. The molecule has 1 aromatic carbocycles. The fraction of sp³-hybridized carbons (Fsp3) is 0.412. The molecule has 0 aliphatic rings. The summed E-state index contributed by atoms with van der Waals surface area (Å²) in [5, 5.41) is 9.40. The Morgan fingerprint density at radius 1 is 1.27 bits per heavy atom. The lowest BCUT2D eigenvalue weighted by atomic mass is 10.1. The van der Waals surface area contributed by atoms with Crippen LogP contribution in [0.15, 0.2) is 42.9 Å². The summed E-state index contributed by atoms with van der Waals surface area (Å²) in [7, 11) is 0. The molecule has 1 aromatic heterocycles. The average Bonchev–Trinajstić information content (AvgIpc) is 3.01. The normalized spacial score (nSPS) is 15.3. The summed E-state index contributed by atoms with van der Waals surface area (Å²) in [6.07, 6.45) is 2.22. The van der Waals surface area contributed by atoms with Crippen LogP contribution in [0.2, 0.25) is 0 Å². The van der Waals surface area contributed by atoms with Gasteiger partial charge < -0.3 is 14.4 Å². The van der Waals surface area contributed by atoms with E-state index < -0.39 is 6.10 Å². The molecule has 0 aliphatic carbocycles. The summed E-state index contributed by atoms with van der Waals surface area (Å²) in [5.74, 6) is -0.146. The van der Waals surface area contributed by atoms with E-state index in [4.69, 9.17) is 4.74 Å². The molecule has 118 valence electrons. The monoisotopic (exact) mass is 302 g/mol. The van der Waals surface area contributed by atoms with E-state index in [9.17, 15) is 9.90 Å². The highest BCUT2D eigenvalue weighted by molar-refractivity contribution is 5.95. The molecule has 22 heavy (non-hydrogen) atoms. The van der Waals surface area contributed by atoms with Gasteiger partial charge in [0, 0.05) is 0 Å². The van der Waals surface area contributed by atoms with Crippen LogP contribution in [0.5, 0.6) is 0 Å². The molecule has 0 bridgehead atoms. The Labute approximate surface area is 130 Å². The molecule has 5 nitrogen and oxygen atoms in total. The second-order valence-electron chi connectivity index (χ2n) is 5.45. The Morgan fingerprint density at radius 2 is 1.95 bits per heavy atom. The third-order valence-corrected chi connectivity index (χ3v) is 3.81. The van der Waals surface area contributed by atoms with Crippen molar-refractivity contribution in [2.24, 2.45) is 0 Å². The lowest BCUT2D eigenvalue weighted by Crippen LogP contribution is -2.26. The second-order valence-corrected chi connectivity index (χ2v) is 5.45. The zero-order valence-electron chi connectivity index (χ0n) is 13.1. The lowest BCUT2D eigenvalue weighted by Gasteiger charge is -2.18. The molecule has 2 aromatic rings. The smallest absolute Gasteiger partial charge is 0.206 e. The van der Waals surface area contributed by atoms with Crippen molar-refractivity contribution in [1.29, 1.82) is 0 Å². The summed E-state index contributed by atoms with van der Waals surface area (Å²) in [6, 6.07) is 9.95. The maximum atomic E-state index is 12.3. The lowest BCUT2D eigenvalue weighted by molar-refractivity contribution is -0.0123. The van der Waals surface area contributed by atoms with E-state index in [0.717, 1.165) is 5.56 Å². The van der Waals surface area contributed by atoms with Gasteiger partial charge in [0.25, 0.3) is 0 Å². The van der Waals surface area contributed by atoms with Crippen LogP contribution in [0.1, 0.15) is 42.9 Å². The summed E-state index contributed by atoms with van der Waals surface area (Å²) < 4.78 is 7.23. The Kier molecular flexibility index (Phi) is 5.46. The molecule has 0 amide bonds. The van der Waals surface area contributed by atoms with E-state index in [2.05, 4.69) is 4.98 Å². The fourth-order valence-electron chi connectivity index (χ4n) is 2.14. The van der Waals surface area contributed by atoms with Gasteiger partial charge in [-0.25, -0.2) is 4.98 Å². The highest BCUT2D eigenvalue weighted by Gasteiger charge is 2.19. The molecule has 0 saturated heterocycles. The highest BCUT2D eigenvalue weighted by atomic mass is 16.5. The number of carbonyl (C=O) groups is 1. The second kappa shape index (κ2) is 7.33. The van der Waals surface area contributed by atoms with Crippen molar-refractivity contribution >= 4 is 5.78 Å². The number of hydrogen-bond acceptors (Lipinski definition) is 4. The molecule has 2 rings (SSSR count). The zero-order chi connectivity index (χ0) is 16.1. The maximum Gasteiger partial charge on any atom is 0.206 e. The number of aliphatic hydroxyl groups is 1. The third kappa shape index (κ3) is 3.81. The number of Topliss-reactive ketones (excluding diaryl/α,β-unsaturated/α-hetero) is 1. The number of ketones is 1. The topological polar surface area (TPSA) is 64.3 Å². The number of aromatic nitrogens is 2. The number of imidazole rings is 1. The molecular formula is C17H22N2O3. The first-order chi connectivity index (χ1) is 10.5. The SMILES string of the molecule is CC(O)C(C)OCC(=O)c1cncn1[C@H](C)c1ccccc1. The van der Waals surface area contributed by atoms with Gasteiger partial charge in [-0.1, -0.05) is 30.3 Å². The minimum absolute atomic E-state index is 0.0110. The average molecular weight is 302 g/mol. The van der Waals surface area contributed by atoms with E-state index in [1.807, 2.05) is 41.8 Å². The van der Waals surface area contributed by atoms with Gasteiger partial charge in [0.1, 0.15) is 12.3 Å². The van der Waals surface area contributed by atoms with Crippen LogP contribution in [0, 0.1) is 0 Å². The Balaban J connectivity index is 2.10. The van der Waals surface area contributed by atoms with Gasteiger partial charge in [0.2, 0.25) is 5.78 Å². The number of aliphatic hydroxyl groups excluding tert-OH is 1. The summed E-state index contributed by atoms with van der Waals surface area (Å²) in [4.78, 5) is 16.4. The van der Waals surface area contributed by atoms with Gasteiger partial charge in [0.15, 0.2) is 0 Å². The van der Waals surface area contributed by atoms with E-state index in [0.29, 0.717) is 5.69 Å². The van der Waals surface area contributed by atoms with Crippen LogP contribution in [0.3, 0.4) is 0 Å². The molecule has 0 aliphatic heterocycles. The summed E-state index contributed by atoms with van der Waals surface area (Å²) in [5.41, 5.74) is 1.61. The molecule has 1 heterocycles. The predicted molar refractivity (Wildman–Crippen MR) is 83.9 cm³/mol. The summed E-state index contributed by atoms with van der Waals surface area (Å²) >= 11 is 0. The predicted octanol–water partition coefficient (Wildman–Crippen LogP) is 2.46. The van der Waals surface area contributed by atoms with Crippen LogP contribution in [0.4, 0.5) is 0 Å². The van der Waals surface area contributed by atoms with Crippen molar-refractivity contribution in [3.63, 3.8) is 0 Å². The standard InChI is InChI=1S/C17H22N2O3/c1-12(15-7-5-4-6-8-15)19-11-18-9-16(19)17(21)10-22-14(3)13(2)20/h4-9,11-14,20H,10H2,1-3H3/t12-,13?,14?/m1/s1. The highest BCUT2D eigenvalue weighted by Crippen LogP contribution is 2.19. The largest absolute Gasteiger partial charge is 0.391 e. The number of benzene rings is 1. The van der Waals surface area contributed by atoms with Gasteiger partial charge in [-0.05, 0) is 26.3 Å². The van der Waals surface area contributed by atoms with Gasteiger partial charge in [-0.15, -0.1) is 0 Å². The van der Waals surface area contributed by atoms with E-state index in [-0.39, 0.29) is 24.5 Å². The maximum absolute atomic E-state index is 12.3. The third-order valence-electron chi connectivity index (χ3n) is 3.81. The first-order valence-electron chi connectivity index (χ1n) is 7.40. The van der Waals surface area contributed by atoms with Crippen LogP contribution in [0.25, 0.3) is 0 Å². The van der Waals surface area contributed by atoms with E-state index >= 15 is 0 Å². The van der Waals surface area contributed by atoms with Gasteiger partial charge in [-0.3, -0.25) is 4.79 Å². The molecule has 1 N–H and O–H groups in total. The molecule has 0 radical (unpaired) electrons. The molecule has 5 heteroatoms. The van der Waals surface area contributed by atoms with Crippen molar-refractivity contribution in [1.82, 2.24) is 9.55 Å². The van der Waals surface area contributed by atoms with Crippen molar-refractivity contribution in [2.75, 3.05) is 6.61 Å². The van der Waals surface area contributed by atoms with Crippen LogP contribution < -0.4 is 0 Å². The molecule has 0 saturated carbocycles. The molecule has 3 atom stereocenters. The first kappa shape index (κ1) is 16.4. The van der Waals surface area contributed by atoms with Crippen LogP contribution in [-0.4, -0.2) is 39.3 Å². The number of nitrogens with zero attached hydrogens (tertiary/aromatic N) is 2. The zero-order valence-corrected chi connectivity index (χ0v) is 13.1. The number of carbonyl (C=O) groups excluding carboxylic acids is 1. The molecule has 2 unspecified atom stereocenters. The Hall–Kier alpha value is -1.98. The van der Waals surface area contributed by atoms with Gasteiger partial charge in [-0.2, -0.15) is 0 Å². The molecular weight excluding hydrogens is 280 g/mol. The minimum Gasteiger partial charge on any atom is -0.391 e.